The molecule has 3 N–H and O–H groups in total. The van der Waals surface area contributed by atoms with E-state index in [2.05, 4.69) is 15.3 Å². The number of ether oxygens (including phenoxy) is 4. The van der Waals surface area contributed by atoms with Gasteiger partial charge in [0.25, 0.3) is 5.91 Å². The fourth-order valence-electron chi connectivity index (χ4n) is 5.47. The number of carbonyl (C=O) groups is 2. The van der Waals surface area contributed by atoms with Gasteiger partial charge in [0.15, 0.2) is 5.76 Å². The number of aliphatic hydroxyl groups is 1. The number of allylic oxidation sites excluding steroid dienone is 1. The Labute approximate surface area is 249 Å². The Bertz CT molecular complexity index is 1540. The molecule has 4 aromatic rings. The third kappa shape index (κ3) is 7.14. The van der Waals surface area contributed by atoms with Gasteiger partial charge in [-0.25, -0.2) is 4.98 Å². The molecule has 11 heteroatoms. The lowest BCUT2D eigenvalue weighted by molar-refractivity contribution is -0.168. The van der Waals surface area contributed by atoms with E-state index in [9.17, 15) is 9.59 Å². The number of amides is 1. The molecular weight excluding hydrogens is 552 g/mol. The number of aliphatic hydroxyl groups excluding tert-OH is 1. The third-order valence-corrected chi connectivity index (χ3v) is 7.44. The van der Waals surface area contributed by atoms with Crippen molar-refractivity contribution in [1.29, 1.82) is 0 Å². The van der Waals surface area contributed by atoms with Gasteiger partial charge in [-0.05, 0) is 43.2 Å². The molecule has 1 aliphatic heterocycles. The summed E-state index contributed by atoms with van der Waals surface area (Å²) >= 11 is 0. The van der Waals surface area contributed by atoms with E-state index in [-0.39, 0.29) is 49.2 Å². The zero-order chi connectivity index (χ0) is 30.2. The Hall–Kier alpha value is -4.03. The molecule has 1 amide bonds. The van der Waals surface area contributed by atoms with Crippen molar-refractivity contribution >= 4 is 33.8 Å². The van der Waals surface area contributed by atoms with Crippen LogP contribution >= 0.6 is 0 Å². The molecule has 0 saturated carbocycles. The number of nitrogens with one attached hydrogen (secondary N) is 2. The minimum atomic E-state index is -0.722. The molecule has 0 fully saturated rings. The molecule has 0 aliphatic carbocycles. The smallest absolute Gasteiger partial charge is 0.286 e. The predicted octanol–water partition coefficient (Wildman–Crippen LogP) is 3.89. The molecule has 3 heterocycles. The number of fused-ring (bicyclic) bond motifs is 2. The highest BCUT2D eigenvalue weighted by Gasteiger charge is 2.39. The molecule has 0 radical (unpaired) electrons. The van der Waals surface area contributed by atoms with E-state index in [0.717, 1.165) is 27.5 Å². The molecule has 2 aromatic carbocycles. The number of para-hydroxylation sites is 3. The van der Waals surface area contributed by atoms with E-state index in [0.29, 0.717) is 38.7 Å². The molecule has 0 bridgehead atoms. The standard InChI is InChI=1S/C32H38N4O7/c1-3-42-32-23(12-14-40-16-17-41-15-13-37)24(25-20-36(21(2)38)28-11-7-4-8-22(25)28)18-29(43-32)31(39)33-19-30-34-26-9-5-6-10-27(26)35-30/h4-11,18,20,23-24,32,37H,3,12-17,19H2,1-2H3,(H,33,39)(H,34,35)/t23-,24+,32-/m1/s1. The minimum Gasteiger partial charge on any atom is -0.459 e. The van der Waals surface area contributed by atoms with Crippen LogP contribution in [0.2, 0.25) is 0 Å². The first kappa shape index (κ1) is 30.4. The van der Waals surface area contributed by atoms with E-state index in [1.54, 1.807) is 4.57 Å². The molecule has 228 valence electrons. The summed E-state index contributed by atoms with van der Waals surface area (Å²) in [5.41, 5.74) is 3.41. The van der Waals surface area contributed by atoms with Gasteiger partial charge < -0.3 is 34.4 Å². The second-order valence-corrected chi connectivity index (χ2v) is 10.3. The number of H-pyrrole nitrogens is 1. The average Bonchev–Trinajstić information content (AvgIpc) is 3.61. The second-order valence-electron chi connectivity index (χ2n) is 10.3. The number of carbonyl (C=O) groups excluding carboxylic acids is 2. The lowest BCUT2D eigenvalue weighted by atomic mass is 9.81. The normalized spacial score (nSPS) is 18.5. The molecule has 1 aliphatic rings. The van der Waals surface area contributed by atoms with Gasteiger partial charge in [0.1, 0.15) is 5.82 Å². The maximum atomic E-state index is 13.5. The summed E-state index contributed by atoms with van der Waals surface area (Å²) in [6, 6.07) is 15.4. The van der Waals surface area contributed by atoms with Gasteiger partial charge in [-0.3, -0.25) is 14.2 Å². The highest BCUT2D eigenvalue weighted by Crippen LogP contribution is 2.42. The number of aromatic nitrogens is 3. The number of imidazole rings is 1. The van der Waals surface area contributed by atoms with E-state index < -0.39 is 6.29 Å². The Morgan fingerprint density at radius 3 is 2.60 bits per heavy atom. The Morgan fingerprint density at radius 1 is 1.07 bits per heavy atom. The molecule has 2 aromatic heterocycles. The van der Waals surface area contributed by atoms with E-state index in [4.69, 9.17) is 24.1 Å². The van der Waals surface area contributed by atoms with Crippen LogP contribution in [0.15, 0.2) is 66.6 Å². The van der Waals surface area contributed by atoms with Gasteiger partial charge in [-0.15, -0.1) is 0 Å². The lowest BCUT2D eigenvalue weighted by Gasteiger charge is -2.36. The summed E-state index contributed by atoms with van der Waals surface area (Å²) in [4.78, 5) is 33.8. The van der Waals surface area contributed by atoms with Gasteiger partial charge in [0.2, 0.25) is 12.2 Å². The maximum Gasteiger partial charge on any atom is 0.286 e. The van der Waals surface area contributed by atoms with Crippen LogP contribution < -0.4 is 5.32 Å². The predicted molar refractivity (Wildman–Crippen MR) is 160 cm³/mol. The van der Waals surface area contributed by atoms with Crippen LogP contribution in [-0.4, -0.2) is 77.4 Å². The zero-order valence-electron chi connectivity index (χ0n) is 24.5. The van der Waals surface area contributed by atoms with Crippen molar-refractivity contribution in [3.05, 3.63) is 78.0 Å². The van der Waals surface area contributed by atoms with E-state index >= 15 is 0 Å². The van der Waals surface area contributed by atoms with Crippen molar-refractivity contribution in [3.8, 4) is 0 Å². The van der Waals surface area contributed by atoms with Crippen molar-refractivity contribution < 1.29 is 33.6 Å². The van der Waals surface area contributed by atoms with E-state index in [1.165, 1.54) is 6.92 Å². The number of rotatable bonds is 14. The van der Waals surface area contributed by atoms with Crippen LogP contribution in [0, 0.1) is 5.92 Å². The first-order valence-corrected chi connectivity index (χ1v) is 14.6. The molecule has 3 atom stereocenters. The maximum absolute atomic E-state index is 13.5. The number of benzene rings is 2. The quantitative estimate of drug-likeness (QED) is 0.188. The van der Waals surface area contributed by atoms with Gasteiger partial charge in [-0.1, -0.05) is 30.3 Å². The first-order chi connectivity index (χ1) is 21.0. The minimum absolute atomic E-state index is 0.0362. The highest BCUT2D eigenvalue weighted by atomic mass is 16.7. The zero-order valence-corrected chi connectivity index (χ0v) is 24.5. The van der Waals surface area contributed by atoms with Crippen molar-refractivity contribution in [2.45, 2.75) is 39.0 Å². The third-order valence-electron chi connectivity index (χ3n) is 7.44. The Balaban J connectivity index is 1.42. The number of nitrogens with zero attached hydrogens (tertiary/aromatic N) is 2. The Kier molecular flexibility index (Phi) is 10.2. The molecular formula is C32H38N4O7. The van der Waals surface area contributed by atoms with Gasteiger partial charge in [0, 0.05) is 43.6 Å². The topological polar surface area (TPSA) is 137 Å². The number of hydrogen-bond donors (Lipinski definition) is 3. The largest absolute Gasteiger partial charge is 0.459 e. The van der Waals surface area contributed by atoms with Crippen molar-refractivity contribution in [1.82, 2.24) is 19.9 Å². The summed E-state index contributed by atoms with van der Waals surface area (Å²) in [5.74, 6) is -0.235. The summed E-state index contributed by atoms with van der Waals surface area (Å²) < 4.78 is 25.0. The van der Waals surface area contributed by atoms with Crippen LogP contribution in [0.3, 0.4) is 0 Å². The van der Waals surface area contributed by atoms with Crippen LogP contribution in [0.25, 0.3) is 21.9 Å². The number of hydrogen-bond acceptors (Lipinski definition) is 8. The molecule has 43 heavy (non-hydrogen) atoms. The van der Waals surface area contributed by atoms with Gasteiger partial charge >= 0.3 is 0 Å². The molecule has 5 rings (SSSR count). The molecule has 0 saturated heterocycles. The second kappa shape index (κ2) is 14.4. The van der Waals surface area contributed by atoms with Crippen LogP contribution in [0.5, 0.6) is 0 Å². The van der Waals surface area contributed by atoms with Crippen LogP contribution in [0.4, 0.5) is 0 Å². The van der Waals surface area contributed by atoms with Crippen molar-refractivity contribution in [2.24, 2.45) is 5.92 Å². The Morgan fingerprint density at radius 2 is 1.84 bits per heavy atom. The van der Waals surface area contributed by atoms with Crippen LogP contribution in [0.1, 0.15) is 42.4 Å². The van der Waals surface area contributed by atoms with Gasteiger partial charge in [0.05, 0.1) is 49.5 Å². The summed E-state index contributed by atoms with van der Waals surface area (Å²) in [6.07, 6.45) is 3.52. The molecule has 0 spiro atoms. The summed E-state index contributed by atoms with van der Waals surface area (Å²) in [5, 5.41) is 12.7. The monoisotopic (exact) mass is 590 g/mol. The van der Waals surface area contributed by atoms with Crippen molar-refractivity contribution in [3.63, 3.8) is 0 Å². The summed E-state index contributed by atoms with van der Waals surface area (Å²) in [6.45, 7) is 5.37. The van der Waals surface area contributed by atoms with Gasteiger partial charge in [-0.2, -0.15) is 0 Å². The summed E-state index contributed by atoms with van der Waals surface area (Å²) in [7, 11) is 0. The lowest BCUT2D eigenvalue weighted by Crippen LogP contribution is -2.39. The van der Waals surface area contributed by atoms with E-state index in [1.807, 2.05) is 67.7 Å². The highest BCUT2D eigenvalue weighted by molar-refractivity contribution is 5.95. The molecule has 11 nitrogen and oxygen atoms in total. The van der Waals surface area contributed by atoms with Crippen LogP contribution in [-0.2, 0) is 30.3 Å². The SMILES string of the molecule is CCO[C@@H]1OC(C(=O)NCc2nc3ccccc3[nH]2)=C[C@H](c2cn(C(C)=O)c3ccccc23)[C@H]1CCOCCOCCO. The first-order valence-electron chi connectivity index (χ1n) is 14.6. The fourth-order valence-corrected chi connectivity index (χ4v) is 5.47. The van der Waals surface area contributed by atoms with Crippen molar-refractivity contribution in [2.75, 3.05) is 39.6 Å². The number of aromatic amines is 1. The fraction of sp³-hybridized carbons (Fsp3) is 0.406. The average molecular weight is 591 g/mol. The molecule has 0 unspecified atom stereocenters.